The first-order valence-electron chi connectivity index (χ1n) is 6.54. The van der Waals surface area contributed by atoms with Gasteiger partial charge >= 0.3 is 0 Å². The van der Waals surface area contributed by atoms with Gasteiger partial charge in [0.25, 0.3) is 0 Å². The molecule has 104 valence electrons. The van der Waals surface area contributed by atoms with E-state index in [4.69, 9.17) is 4.74 Å². The number of pyridine rings is 2. The number of amides is 1. The second-order valence-corrected chi connectivity index (χ2v) is 4.47. The monoisotopic (exact) mass is 271 g/mol. The zero-order chi connectivity index (χ0) is 14.4. The predicted molar refractivity (Wildman–Crippen MR) is 76.6 cm³/mol. The second-order valence-electron chi connectivity index (χ2n) is 4.47. The van der Waals surface area contributed by atoms with Gasteiger partial charge in [-0.05, 0) is 24.6 Å². The van der Waals surface area contributed by atoms with Crippen LogP contribution in [0.5, 0.6) is 11.6 Å². The third kappa shape index (κ3) is 3.78. The molecule has 2 heterocycles. The summed E-state index contributed by atoms with van der Waals surface area (Å²) in [5.74, 6) is 1.06. The minimum Gasteiger partial charge on any atom is -0.437 e. The van der Waals surface area contributed by atoms with Gasteiger partial charge in [0.05, 0.1) is 18.1 Å². The van der Waals surface area contributed by atoms with Gasteiger partial charge in [-0.2, -0.15) is 0 Å². The SMILES string of the molecule is CCC(C)C(=O)Nc1ccc(Oc2cccnc2)nc1. The van der Waals surface area contributed by atoms with Gasteiger partial charge in [0.1, 0.15) is 5.75 Å². The van der Waals surface area contributed by atoms with Gasteiger partial charge in [0.2, 0.25) is 11.8 Å². The van der Waals surface area contributed by atoms with Crippen LogP contribution in [0, 0.1) is 5.92 Å². The Hall–Kier alpha value is -2.43. The average molecular weight is 271 g/mol. The van der Waals surface area contributed by atoms with Crippen molar-refractivity contribution in [2.45, 2.75) is 20.3 Å². The van der Waals surface area contributed by atoms with E-state index in [0.717, 1.165) is 6.42 Å². The van der Waals surface area contributed by atoms with E-state index in [9.17, 15) is 4.79 Å². The molecule has 1 N–H and O–H groups in total. The molecule has 5 nitrogen and oxygen atoms in total. The van der Waals surface area contributed by atoms with E-state index in [2.05, 4.69) is 15.3 Å². The molecule has 1 amide bonds. The number of nitrogens with zero attached hydrogens (tertiary/aromatic N) is 2. The molecule has 1 atom stereocenters. The number of carbonyl (C=O) groups is 1. The van der Waals surface area contributed by atoms with Crippen molar-refractivity contribution < 1.29 is 9.53 Å². The maximum absolute atomic E-state index is 11.7. The van der Waals surface area contributed by atoms with Crippen LogP contribution in [0.1, 0.15) is 20.3 Å². The molecule has 0 fully saturated rings. The Morgan fingerprint density at radius 1 is 1.35 bits per heavy atom. The summed E-state index contributed by atoms with van der Waals surface area (Å²) in [6.45, 7) is 3.87. The van der Waals surface area contributed by atoms with E-state index in [1.165, 1.54) is 0 Å². The molecule has 5 heteroatoms. The zero-order valence-corrected chi connectivity index (χ0v) is 11.5. The minimum atomic E-state index is -0.0127. The number of hydrogen-bond acceptors (Lipinski definition) is 4. The van der Waals surface area contributed by atoms with Crippen LogP contribution in [0.2, 0.25) is 0 Å². The average Bonchev–Trinajstić information content (AvgIpc) is 2.49. The highest BCUT2D eigenvalue weighted by Crippen LogP contribution is 2.19. The highest BCUT2D eigenvalue weighted by Gasteiger charge is 2.10. The molecule has 0 aliphatic rings. The van der Waals surface area contributed by atoms with Crippen LogP contribution in [-0.4, -0.2) is 15.9 Å². The van der Waals surface area contributed by atoms with Crippen LogP contribution in [-0.2, 0) is 4.79 Å². The molecular formula is C15H17N3O2. The molecule has 0 saturated heterocycles. The Morgan fingerprint density at radius 3 is 2.80 bits per heavy atom. The van der Waals surface area contributed by atoms with Crippen LogP contribution < -0.4 is 10.1 Å². The van der Waals surface area contributed by atoms with Gasteiger partial charge in [-0.25, -0.2) is 4.98 Å². The van der Waals surface area contributed by atoms with Gasteiger partial charge in [0.15, 0.2) is 0 Å². The van der Waals surface area contributed by atoms with Crippen molar-refractivity contribution in [3.8, 4) is 11.6 Å². The Labute approximate surface area is 118 Å². The number of ether oxygens (including phenoxy) is 1. The maximum atomic E-state index is 11.7. The summed E-state index contributed by atoms with van der Waals surface area (Å²) in [5, 5.41) is 2.81. The summed E-state index contributed by atoms with van der Waals surface area (Å²) in [7, 11) is 0. The van der Waals surface area contributed by atoms with Gasteiger partial charge in [-0.1, -0.05) is 13.8 Å². The maximum Gasteiger partial charge on any atom is 0.227 e. The Bertz CT molecular complexity index is 555. The fraction of sp³-hybridized carbons (Fsp3) is 0.267. The lowest BCUT2D eigenvalue weighted by molar-refractivity contribution is -0.119. The van der Waals surface area contributed by atoms with Crippen molar-refractivity contribution in [2.75, 3.05) is 5.32 Å². The molecule has 0 radical (unpaired) electrons. The smallest absolute Gasteiger partial charge is 0.227 e. The molecule has 20 heavy (non-hydrogen) atoms. The van der Waals surface area contributed by atoms with Crippen molar-refractivity contribution in [3.05, 3.63) is 42.9 Å². The van der Waals surface area contributed by atoms with Gasteiger partial charge < -0.3 is 10.1 Å². The number of nitrogens with one attached hydrogen (secondary N) is 1. The van der Waals surface area contributed by atoms with E-state index in [0.29, 0.717) is 17.3 Å². The molecule has 1 unspecified atom stereocenters. The predicted octanol–water partition coefficient (Wildman–Crippen LogP) is 3.25. The third-order valence-electron chi connectivity index (χ3n) is 2.92. The Morgan fingerprint density at radius 2 is 2.20 bits per heavy atom. The molecule has 2 aromatic rings. The first-order valence-corrected chi connectivity index (χ1v) is 6.54. The molecule has 0 aliphatic heterocycles. The highest BCUT2D eigenvalue weighted by atomic mass is 16.5. The largest absolute Gasteiger partial charge is 0.437 e. The number of carbonyl (C=O) groups excluding carboxylic acids is 1. The molecule has 0 saturated carbocycles. The lowest BCUT2D eigenvalue weighted by atomic mass is 10.1. The van der Waals surface area contributed by atoms with E-state index >= 15 is 0 Å². The molecule has 0 aromatic carbocycles. The fourth-order valence-corrected chi connectivity index (χ4v) is 1.49. The van der Waals surface area contributed by atoms with E-state index in [-0.39, 0.29) is 11.8 Å². The normalized spacial score (nSPS) is 11.7. The van der Waals surface area contributed by atoms with E-state index in [1.54, 1.807) is 42.9 Å². The van der Waals surface area contributed by atoms with Crippen molar-refractivity contribution in [3.63, 3.8) is 0 Å². The third-order valence-corrected chi connectivity index (χ3v) is 2.92. The topological polar surface area (TPSA) is 64.1 Å². The molecular weight excluding hydrogens is 254 g/mol. The van der Waals surface area contributed by atoms with Crippen molar-refractivity contribution in [1.82, 2.24) is 9.97 Å². The van der Waals surface area contributed by atoms with E-state index in [1.807, 2.05) is 13.8 Å². The van der Waals surface area contributed by atoms with Gasteiger partial charge in [0, 0.05) is 18.2 Å². The Kier molecular flexibility index (Phi) is 4.65. The number of hydrogen-bond donors (Lipinski definition) is 1. The molecule has 0 bridgehead atoms. The second kappa shape index (κ2) is 6.65. The summed E-state index contributed by atoms with van der Waals surface area (Å²) in [5.41, 5.74) is 0.661. The summed E-state index contributed by atoms with van der Waals surface area (Å²) < 4.78 is 5.52. The standard InChI is InChI=1S/C15H17N3O2/c1-3-11(2)15(19)18-12-6-7-14(17-9-12)20-13-5-4-8-16-10-13/h4-11H,3H2,1-2H3,(H,18,19). The van der Waals surface area contributed by atoms with Gasteiger partial charge in [-0.15, -0.1) is 0 Å². The number of anilines is 1. The molecule has 0 spiro atoms. The van der Waals surface area contributed by atoms with Crippen LogP contribution in [0.4, 0.5) is 5.69 Å². The summed E-state index contributed by atoms with van der Waals surface area (Å²) in [4.78, 5) is 19.8. The van der Waals surface area contributed by atoms with Crippen LogP contribution in [0.15, 0.2) is 42.9 Å². The first kappa shape index (κ1) is 14.0. The van der Waals surface area contributed by atoms with E-state index < -0.39 is 0 Å². The molecule has 2 rings (SSSR count). The van der Waals surface area contributed by atoms with Crippen LogP contribution in [0.3, 0.4) is 0 Å². The van der Waals surface area contributed by atoms with Crippen LogP contribution in [0.25, 0.3) is 0 Å². The lowest BCUT2D eigenvalue weighted by Crippen LogP contribution is -2.19. The van der Waals surface area contributed by atoms with Crippen molar-refractivity contribution >= 4 is 11.6 Å². The zero-order valence-electron chi connectivity index (χ0n) is 11.5. The number of aromatic nitrogens is 2. The summed E-state index contributed by atoms with van der Waals surface area (Å²) in [6, 6.07) is 7.06. The van der Waals surface area contributed by atoms with Crippen molar-refractivity contribution in [1.29, 1.82) is 0 Å². The van der Waals surface area contributed by atoms with Crippen molar-refractivity contribution in [2.24, 2.45) is 5.92 Å². The number of rotatable bonds is 5. The van der Waals surface area contributed by atoms with Gasteiger partial charge in [-0.3, -0.25) is 9.78 Å². The lowest BCUT2D eigenvalue weighted by Gasteiger charge is -2.10. The Balaban J connectivity index is 1.98. The molecule has 0 aliphatic carbocycles. The highest BCUT2D eigenvalue weighted by molar-refractivity contribution is 5.92. The quantitative estimate of drug-likeness (QED) is 0.906. The summed E-state index contributed by atoms with van der Waals surface area (Å²) >= 11 is 0. The minimum absolute atomic E-state index is 0.00442. The van der Waals surface area contributed by atoms with Crippen LogP contribution >= 0.6 is 0 Å². The fourth-order valence-electron chi connectivity index (χ4n) is 1.49. The summed E-state index contributed by atoms with van der Waals surface area (Å²) in [6.07, 6.45) is 5.67. The first-order chi connectivity index (χ1) is 9.69. The molecule has 2 aromatic heterocycles.